The van der Waals surface area contributed by atoms with Crippen molar-refractivity contribution in [2.45, 2.75) is 0 Å². The number of aromatic nitrogens is 2. The average molecular weight is 713 g/mol. The third-order valence-corrected chi connectivity index (χ3v) is 11.3. The summed E-state index contributed by atoms with van der Waals surface area (Å²) >= 11 is 0. The van der Waals surface area contributed by atoms with Gasteiger partial charge in [0.1, 0.15) is 0 Å². The molecule has 0 aliphatic heterocycles. The molecule has 2 aromatic heterocycles. The van der Waals surface area contributed by atoms with Crippen molar-refractivity contribution in [3.63, 3.8) is 0 Å². The largest absolute Gasteiger partial charge is 0.309 e. The van der Waals surface area contributed by atoms with Crippen LogP contribution < -0.4 is 0 Å². The molecular weight excluding hydrogens is 677 g/mol. The summed E-state index contributed by atoms with van der Waals surface area (Å²) in [5.41, 5.74) is 16.5. The second-order valence-corrected chi connectivity index (χ2v) is 14.5. The molecule has 9 aromatic carbocycles. The van der Waals surface area contributed by atoms with E-state index in [9.17, 15) is 0 Å². The van der Waals surface area contributed by atoms with E-state index in [1.165, 1.54) is 77.0 Å². The molecule has 2 heteroatoms. The summed E-state index contributed by atoms with van der Waals surface area (Å²) < 4.78 is 4.89. The molecule has 0 aliphatic carbocycles. The standard InChI is InChI=1S/C54H36N2/c1-3-16-37(17-4-1)39-30-32-53(55-49-26-11-7-22-43(49)44-23-8-12-27-50(44)55)47(35-39)41-20-15-21-42(34-41)48-36-40(38-18-5-2-6-19-38)31-33-54(48)56-51-28-13-9-24-45(51)46-25-10-14-29-52(46)56/h1-36H. The van der Waals surface area contributed by atoms with Gasteiger partial charge in [-0.25, -0.2) is 0 Å². The molecule has 2 nitrogen and oxygen atoms in total. The van der Waals surface area contributed by atoms with E-state index in [4.69, 9.17) is 0 Å². The second-order valence-electron chi connectivity index (χ2n) is 14.5. The Morgan fingerprint density at radius 2 is 0.536 bits per heavy atom. The molecule has 0 fully saturated rings. The van der Waals surface area contributed by atoms with Crippen molar-refractivity contribution < 1.29 is 0 Å². The van der Waals surface area contributed by atoms with Gasteiger partial charge in [-0.15, -0.1) is 0 Å². The van der Waals surface area contributed by atoms with Crippen molar-refractivity contribution in [1.29, 1.82) is 0 Å². The van der Waals surface area contributed by atoms with Gasteiger partial charge in [-0.3, -0.25) is 0 Å². The number of nitrogens with zero attached hydrogens (tertiary/aromatic N) is 2. The van der Waals surface area contributed by atoms with E-state index in [-0.39, 0.29) is 0 Å². The lowest BCUT2D eigenvalue weighted by molar-refractivity contribution is 1.18. The highest BCUT2D eigenvalue weighted by Crippen LogP contribution is 2.42. The molecule has 0 spiro atoms. The fraction of sp³-hybridized carbons (Fsp3) is 0. The van der Waals surface area contributed by atoms with E-state index in [0.717, 1.165) is 22.5 Å². The lowest BCUT2D eigenvalue weighted by Crippen LogP contribution is -1.99. The Kier molecular flexibility index (Phi) is 7.53. The maximum absolute atomic E-state index is 2.45. The molecule has 0 N–H and O–H groups in total. The highest BCUT2D eigenvalue weighted by molar-refractivity contribution is 6.11. The van der Waals surface area contributed by atoms with Crippen molar-refractivity contribution in [2.24, 2.45) is 0 Å². The first-order valence-corrected chi connectivity index (χ1v) is 19.3. The Morgan fingerprint density at radius 1 is 0.214 bits per heavy atom. The van der Waals surface area contributed by atoms with E-state index in [1.807, 2.05) is 0 Å². The lowest BCUT2D eigenvalue weighted by Gasteiger charge is -2.19. The minimum absolute atomic E-state index is 1.15. The Labute approximate surface area is 325 Å². The molecule has 0 bridgehead atoms. The predicted molar refractivity (Wildman–Crippen MR) is 237 cm³/mol. The van der Waals surface area contributed by atoms with Crippen molar-refractivity contribution in [1.82, 2.24) is 9.13 Å². The molecule has 0 saturated carbocycles. The Morgan fingerprint density at radius 3 is 0.911 bits per heavy atom. The molecular formula is C54H36N2. The van der Waals surface area contributed by atoms with E-state index in [1.54, 1.807) is 0 Å². The molecule has 0 saturated heterocycles. The van der Waals surface area contributed by atoms with Crippen LogP contribution >= 0.6 is 0 Å². The van der Waals surface area contributed by atoms with Gasteiger partial charge in [0.2, 0.25) is 0 Å². The summed E-state index contributed by atoms with van der Waals surface area (Å²) in [6, 6.07) is 79.6. The predicted octanol–water partition coefficient (Wildman–Crippen LogP) is 14.5. The van der Waals surface area contributed by atoms with Crippen LogP contribution in [0.3, 0.4) is 0 Å². The topological polar surface area (TPSA) is 9.86 Å². The number of rotatable bonds is 6. The van der Waals surface area contributed by atoms with Crippen LogP contribution in [0.2, 0.25) is 0 Å². The summed E-state index contributed by atoms with van der Waals surface area (Å²) in [5, 5.41) is 5.01. The van der Waals surface area contributed by atoms with Crippen molar-refractivity contribution in [2.75, 3.05) is 0 Å². The minimum Gasteiger partial charge on any atom is -0.309 e. The van der Waals surface area contributed by atoms with Gasteiger partial charge in [-0.05, 0) is 88.0 Å². The number of fused-ring (bicyclic) bond motifs is 6. The molecule has 2 heterocycles. The molecule has 0 unspecified atom stereocenters. The van der Waals surface area contributed by atoms with Crippen LogP contribution in [0.4, 0.5) is 0 Å². The highest BCUT2D eigenvalue weighted by Gasteiger charge is 2.19. The molecule has 11 aromatic rings. The number of hydrogen-bond donors (Lipinski definition) is 0. The summed E-state index contributed by atoms with van der Waals surface area (Å²) in [6.45, 7) is 0. The van der Waals surface area contributed by atoms with Gasteiger partial charge in [0.25, 0.3) is 0 Å². The summed E-state index contributed by atoms with van der Waals surface area (Å²) in [6.07, 6.45) is 0. The van der Waals surface area contributed by atoms with Gasteiger partial charge >= 0.3 is 0 Å². The van der Waals surface area contributed by atoms with Crippen molar-refractivity contribution in [3.05, 3.63) is 218 Å². The first-order valence-electron chi connectivity index (χ1n) is 19.3. The van der Waals surface area contributed by atoms with Crippen LogP contribution in [0.1, 0.15) is 0 Å². The Bertz CT molecular complexity index is 2920. The fourth-order valence-electron chi connectivity index (χ4n) is 8.76. The van der Waals surface area contributed by atoms with E-state index >= 15 is 0 Å². The molecule has 0 radical (unpaired) electrons. The maximum Gasteiger partial charge on any atom is 0.0541 e. The highest BCUT2D eigenvalue weighted by atomic mass is 15.0. The summed E-state index contributed by atoms with van der Waals surface area (Å²) in [4.78, 5) is 0. The zero-order valence-electron chi connectivity index (χ0n) is 30.7. The normalized spacial score (nSPS) is 11.6. The average Bonchev–Trinajstić information content (AvgIpc) is 3.80. The van der Waals surface area contributed by atoms with Crippen LogP contribution in [0.15, 0.2) is 218 Å². The molecule has 262 valence electrons. The number of benzene rings is 9. The Balaban J connectivity index is 1.18. The number of para-hydroxylation sites is 4. The number of hydrogen-bond acceptors (Lipinski definition) is 0. The SMILES string of the molecule is c1ccc(-c2ccc(-n3c4ccccc4c4ccccc43)c(-c3cccc(-c4cc(-c5ccccc5)ccc4-n4c5ccccc5c5ccccc54)c3)c2)cc1. The van der Waals surface area contributed by atoms with E-state index in [0.29, 0.717) is 0 Å². The van der Waals surface area contributed by atoms with Gasteiger partial charge in [-0.1, -0.05) is 164 Å². The monoisotopic (exact) mass is 712 g/mol. The summed E-state index contributed by atoms with van der Waals surface area (Å²) in [7, 11) is 0. The molecule has 11 rings (SSSR count). The van der Waals surface area contributed by atoms with Gasteiger partial charge in [0.05, 0.1) is 33.4 Å². The summed E-state index contributed by atoms with van der Waals surface area (Å²) in [5.74, 6) is 0. The molecule has 56 heavy (non-hydrogen) atoms. The minimum atomic E-state index is 1.15. The fourth-order valence-corrected chi connectivity index (χ4v) is 8.76. The van der Waals surface area contributed by atoms with Crippen LogP contribution in [-0.4, -0.2) is 9.13 Å². The maximum atomic E-state index is 2.45. The van der Waals surface area contributed by atoms with Crippen LogP contribution in [-0.2, 0) is 0 Å². The van der Waals surface area contributed by atoms with Gasteiger partial charge < -0.3 is 9.13 Å². The van der Waals surface area contributed by atoms with Crippen LogP contribution in [0, 0.1) is 0 Å². The van der Waals surface area contributed by atoms with Gasteiger partial charge in [-0.2, -0.15) is 0 Å². The van der Waals surface area contributed by atoms with Gasteiger partial charge in [0, 0.05) is 32.7 Å². The van der Waals surface area contributed by atoms with Gasteiger partial charge in [0.15, 0.2) is 0 Å². The van der Waals surface area contributed by atoms with E-state index < -0.39 is 0 Å². The molecule has 0 atom stereocenters. The zero-order chi connectivity index (χ0) is 37.0. The molecule has 0 aliphatic rings. The first kappa shape index (κ1) is 32.0. The Hall–Kier alpha value is -7.42. The van der Waals surface area contributed by atoms with E-state index in [2.05, 4.69) is 228 Å². The second kappa shape index (κ2) is 13.2. The lowest BCUT2D eigenvalue weighted by atomic mass is 9.92. The first-order chi connectivity index (χ1) is 27.8. The van der Waals surface area contributed by atoms with Crippen LogP contribution in [0.5, 0.6) is 0 Å². The quantitative estimate of drug-likeness (QED) is 0.162. The van der Waals surface area contributed by atoms with Crippen LogP contribution in [0.25, 0.3) is 99.5 Å². The zero-order valence-corrected chi connectivity index (χ0v) is 30.7. The molecule has 0 amide bonds. The van der Waals surface area contributed by atoms with Crippen molar-refractivity contribution >= 4 is 43.6 Å². The smallest absolute Gasteiger partial charge is 0.0541 e. The third-order valence-electron chi connectivity index (χ3n) is 11.3. The third kappa shape index (κ3) is 5.19. The van der Waals surface area contributed by atoms with Crippen molar-refractivity contribution in [3.8, 4) is 55.9 Å².